The van der Waals surface area contributed by atoms with Crippen LogP contribution in [0.1, 0.15) is 50.4 Å². The van der Waals surface area contributed by atoms with E-state index in [-0.39, 0.29) is 0 Å². The number of hydrogen-bond acceptors (Lipinski definition) is 5. The fourth-order valence-corrected chi connectivity index (χ4v) is 4.08. The summed E-state index contributed by atoms with van der Waals surface area (Å²) in [6, 6.07) is 12.6. The summed E-state index contributed by atoms with van der Waals surface area (Å²) in [6.07, 6.45) is 3.36. The molecule has 0 amide bonds. The van der Waals surface area contributed by atoms with Crippen LogP contribution in [0.15, 0.2) is 42.5 Å². The average molecular weight is 397 g/mol. The van der Waals surface area contributed by atoms with Gasteiger partial charge in [0.15, 0.2) is 0 Å². The van der Waals surface area contributed by atoms with Crippen molar-refractivity contribution in [2.75, 3.05) is 18.4 Å². The highest BCUT2D eigenvalue weighted by Crippen LogP contribution is 2.35. The lowest BCUT2D eigenvalue weighted by Crippen LogP contribution is -2.19. The van der Waals surface area contributed by atoms with Crippen molar-refractivity contribution in [3.05, 3.63) is 58.7 Å². The molecule has 0 spiro atoms. The molecule has 3 heterocycles. The van der Waals surface area contributed by atoms with Gasteiger partial charge in [0, 0.05) is 18.0 Å². The van der Waals surface area contributed by atoms with Crippen LogP contribution in [0, 0.1) is 6.92 Å². The predicted molar refractivity (Wildman–Crippen MR) is 124 cm³/mol. The number of hydrogen-bond donors (Lipinski definition) is 2. The second-order valence-electron chi connectivity index (χ2n) is 5.97. The minimum atomic E-state index is 0.770. The molecule has 1 aliphatic heterocycles. The Labute approximate surface area is 173 Å². The fraction of sp³-hybridized carbons (Fsp3) is 0.391. The number of nitrogens with one attached hydrogen (secondary N) is 2. The van der Waals surface area contributed by atoms with Gasteiger partial charge in [0.1, 0.15) is 11.6 Å². The molecule has 2 aromatic heterocycles. The Morgan fingerprint density at radius 3 is 2.50 bits per heavy atom. The zero-order valence-corrected chi connectivity index (χ0v) is 18.5. The SMILES string of the molecule is CC.CC.Cc1nc(NCc2ccccc2)c2sc(C3=CCNCC3)cc2n1. The average Bonchev–Trinajstić information content (AvgIpc) is 3.20. The molecule has 0 bridgehead atoms. The molecule has 0 radical (unpaired) electrons. The van der Waals surface area contributed by atoms with Gasteiger partial charge in [0.05, 0.1) is 10.2 Å². The molecular formula is C23H32N4S. The van der Waals surface area contributed by atoms with E-state index >= 15 is 0 Å². The van der Waals surface area contributed by atoms with Gasteiger partial charge >= 0.3 is 0 Å². The molecule has 0 unspecified atom stereocenters. The largest absolute Gasteiger partial charge is 0.365 e. The van der Waals surface area contributed by atoms with E-state index in [0.29, 0.717) is 0 Å². The molecule has 28 heavy (non-hydrogen) atoms. The highest BCUT2D eigenvalue weighted by Gasteiger charge is 2.14. The van der Waals surface area contributed by atoms with Gasteiger partial charge < -0.3 is 10.6 Å². The zero-order valence-electron chi connectivity index (χ0n) is 17.7. The molecule has 4 rings (SSSR count). The first-order valence-corrected chi connectivity index (χ1v) is 11.1. The number of fused-ring (bicyclic) bond motifs is 1. The fourth-order valence-electron chi connectivity index (χ4n) is 2.95. The van der Waals surface area contributed by atoms with Crippen LogP contribution in [0.2, 0.25) is 0 Å². The predicted octanol–water partition coefficient (Wildman–Crippen LogP) is 6.04. The second kappa shape index (κ2) is 11.6. The van der Waals surface area contributed by atoms with Crippen LogP contribution in [0.25, 0.3) is 15.8 Å². The van der Waals surface area contributed by atoms with Crippen LogP contribution in [0.4, 0.5) is 5.82 Å². The minimum absolute atomic E-state index is 0.770. The third-order valence-electron chi connectivity index (χ3n) is 4.17. The van der Waals surface area contributed by atoms with Crippen molar-refractivity contribution < 1.29 is 0 Å². The molecule has 0 atom stereocenters. The Kier molecular flexibility index (Phi) is 9.11. The maximum absolute atomic E-state index is 4.63. The van der Waals surface area contributed by atoms with Crippen molar-refractivity contribution in [2.24, 2.45) is 0 Å². The van der Waals surface area contributed by atoms with Gasteiger partial charge in [-0.3, -0.25) is 0 Å². The lowest BCUT2D eigenvalue weighted by Gasteiger charge is -2.11. The first-order valence-electron chi connectivity index (χ1n) is 10.3. The van der Waals surface area contributed by atoms with Crippen molar-refractivity contribution in [3.8, 4) is 0 Å². The van der Waals surface area contributed by atoms with Crippen molar-refractivity contribution in [2.45, 2.75) is 47.6 Å². The van der Waals surface area contributed by atoms with Gasteiger partial charge in [0.2, 0.25) is 0 Å². The molecule has 5 heteroatoms. The molecular weight excluding hydrogens is 364 g/mol. The number of nitrogens with zero attached hydrogens (tertiary/aromatic N) is 2. The normalized spacial score (nSPS) is 13.0. The molecule has 0 saturated heterocycles. The summed E-state index contributed by atoms with van der Waals surface area (Å²) in [5, 5.41) is 6.85. The number of thiophene rings is 1. The maximum Gasteiger partial charge on any atom is 0.148 e. The van der Waals surface area contributed by atoms with Crippen molar-refractivity contribution in [3.63, 3.8) is 0 Å². The Balaban J connectivity index is 0.000000660. The molecule has 2 N–H and O–H groups in total. The van der Waals surface area contributed by atoms with E-state index in [1.807, 2.05) is 40.7 Å². The standard InChI is InChI=1S/C19H20N4S.2C2H6/c1-13-22-16-11-17(15-7-9-20-10-8-15)24-18(16)19(23-13)21-12-14-5-3-2-4-6-14;2*1-2/h2-7,11,20H,8-10,12H2,1H3,(H,21,22,23);2*1-2H3. The van der Waals surface area contributed by atoms with Crippen molar-refractivity contribution in [1.29, 1.82) is 0 Å². The van der Waals surface area contributed by atoms with E-state index in [1.165, 1.54) is 16.0 Å². The minimum Gasteiger partial charge on any atom is -0.365 e. The summed E-state index contributed by atoms with van der Waals surface area (Å²) in [6.45, 7) is 12.7. The van der Waals surface area contributed by atoms with E-state index < -0.39 is 0 Å². The quantitative estimate of drug-likeness (QED) is 0.564. The van der Waals surface area contributed by atoms with E-state index in [0.717, 1.165) is 47.9 Å². The van der Waals surface area contributed by atoms with Gasteiger partial charge in [-0.25, -0.2) is 9.97 Å². The first-order chi connectivity index (χ1) is 13.8. The molecule has 1 aliphatic rings. The maximum atomic E-state index is 4.63. The van der Waals surface area contributed by atoms with Crippen LogP contribution >= 0.6 is 11.3 Å². The smallest absolute Gasteiger partial charge is 0.148 e. The number of aromatic nitrogens is 2. The summed E-state index contributed by atoms with van der Waals surface area (Å²) in [7, 11) is 0. The third kappa shape index (κ3) is 5.63. The van der Waals surface area contributed by atoms with Crippen LogP contribution in [0.3, 0.4) is 0 Å². The van der Waals surface area contributed by atoms with Crippen LogP contribution < -0.4 is 10.6 Å². The number of anilines is 1. The Bertz CT molecular complexity index is 884. The van der Waals surface area contributed by atoms with Gasteiger partial charge in [-0.1, -0.05) is 64.1 Å². The molecule has 0 aliphatic carbocycles. The van der Waals surface area contributed by atoms with E-state index in [4.69, 9.17) is 0 Å². The van der Waals surface area contributed by atoms with E-state index in [2.05, 4.69) is 57.0 Å². The zero-order chi connectivity index (χ0) is 20.4. The lowest BCUT2D eigenvalue weighted by atomic mass is 10.1. The van der Waals surface area contributed by atoms with E-state index in [1.54, 1.807) is 11.3 Å². The van der Waals surface area contributed by atoms with Crippen LogP contribution in [-0.4, -0.2) is 23.1 Å². The second-order valence-corrected chi connectivity index (χ2v) is 7.02. The number of aryl methyl sites for hydroxylation is 1. The molecule has 4 nitrogen and oxygen atoms in total. The highest BCUT2D eigenvalue weighted by molar-refractivity contribution is 7.20. The summed E-state index contributed by atoms with van der Waals surface area (Å²) in [5.74, 6) is 1.74. The van der Waals surface area contributed by atoms with Gasteiger partial charge in [0.25, 0.3) is 0 Å². The van der Waals surface area contributed by atoms with Gasteiger partial charge in [-0.05, 0) is 37.1 Å². The monoisotopic (exact) mass is 396 g/mol. The summed E-state index contributed by atoms with van der Waals surface area (Å²) < 4.78 is 1.14. The van der Waals surface area contributed by atoms with Gasteiger partial charge in [-0.15, -0.1) is 11.3 Å². The molecule has 1 aromatic carbocycles. The lowest BCUT2D eigenvalue weighted by molar-refractivity contribution is 0.739. The van der Waals surface area contributed by atoms with Gasteiger partial charge in [-0.2, -0.15) is 0 Å². The first kappa shape index (κ1) is 22.1. The highest BCUT2D eigenvalue weighted by atomic mass is 32.1. The molecule has 0 fully saturated rings. The van der Waals surface area contributed by atoms with Crippen LogP contribution in [-0.2, 0) is 6.54 Å². The van der Waals surface area contributed by atoms with Crippen molar-refractivity contribution >= 4 is 32.9 Å². The summed E-state index contributed by atoms with van der Waals surface area (Å²) in [5.41, 5.74) is 3.71. The third-order valence-corrected chi connectivity index (χ3v) is 5.37. The van der Waals surface area contributed by atoms with Crippen LogP contribution in [0.5, 0.6) is 0 Å². The van der Waals surface area contributed by atoms with Crippen molar-refractivity contribution in [1.82, 2.24) is 15.3 Å². The number of benzene rings is 1. The molecule has 0 saturated carbocycles. The Hall–Kier alpha value is -2.24. The summed E-state index contributed by atoms with van der Waals surface area (Å²) >= 11 is 1.79. The Morgan fingerprint density at radius 1 is 1.07 bits per heavy atom. The number of rotatable bonds is 4. The molecule has 150 valence electrons. The van der Waals surface area contributed by atoms with E-state index in [9.17, 15) is 0 Å². The topological polar surface area (TPSA) is 49.8 Å². The Morgan fingerprint density at radius 2 is 1.82 bits per heavy atom. The summed E-state index contributed by atoms with van der Waals surface area (Å²) in [4.78, 5) is 10.6. The molecule has 3 aromatic rings.